The van der Waals surface area contributed by atoms with Crippen LogP contribution < -0.4 is 11.1 Å². The number of likely N-dealkylation sites (tertiary alicyclic amines) is 1. The summed E-state index contributed by atoms with van der Waals surface area (Å²) >= 11 is 0. The minimum Gasteiger partial charge on any atom is -0.480 e. The van der Waals surface area contributed by atoms with Crippen molar-refractivity contribution in [1.29, 1.82) is 0 Å². The van der Waals surface area contributed by atoms with E-state index in [2.05, 4.69) is 5.32 Å². The maximum Gasteiger partial charge on any atom is 0.326 e. The summed E-state index contributed by atoms with van der Waals surface area (Å²) in [6, 6.07) is -1.23. The van der Waals surface area contributed by atoms with Crippen molar-refractivity contribution < 1.29 is 19.5 Å². The molecule has 0 bridgehead atoms. The van der Waals surface area contributed by atoms with Gasteiger partial charge in [0.15, 0.2) is 0 Å². The summed E-state index contributed by atoms with van der Waals surface area (Å²) in [5.74, 6) is -2.54. The van der Waals surface area contributed by atoms with Crippen molar-refractivity contribution in [2.24, 2.45) is 11.7 Å². The minimum absolute atomic E-state index is 0.224. The molecule has 1 unspecified atom stereocenters. The van der Waals surface area contributed by atoms with Gasteiger partial charge in [-0.15, -0.1) is 0 Å². The molecule has 18 heavy (non-hydrogen) atoms. The van der Waals surface area contributed by atoms with Crippen LogP contribution in [0.4, 0.5) is 0 Å². The summed E-state index contributed by atoms with van der Waals surface area (Å²) in [4.78, 5) is 35.5. The Morgan fingerprint density at radius 1 is 1.50 bits per heavy atom. The molecule has 2 atom stereocenters. The Morgan fingerprint density at radius 2 is 2.17 bits per heavy atom. The van der Waals surface area contributed by atoms with Crippen LogP contribution in [0.25, 0.3) is 0 Å². The molecule has 1 rings (SSSR count). The Labute approximate surface area is 105 Å². The zero-order valence-electron chi connectivity index (χ0n) is 10.4. The Bertz CT molecular complexity index is 345. The van der Waals surface area contributed by atoms with Crippen LogP contribution in [0.15, 0.2) is 0 Å². The third kappa shape index (κ3) is 4.33. The molecule has 0 aromatic rings. The number of amides is 2. The van der Waals surface area contributed by atoms with Gasteiger partial charge in [-0.05, 0) is 26.4 Å². The average Bonchev–Trinajstić information content (AvgIpc) is 2.27. The number of hydrogen-bond acceptors (Lipinski definition) is 4. The summed E-state index contributed by atoms with van der Waals surface area (Å²) in [7, 11) is 1.91. The second kappa shape index (κ2) is 6.34. The first-order chi connectivity index (χ1) is 8.40. The first-order valence-electron chi connectivity index (χ1n) is 5.90. The zero-order valence-corrected chi connectivity index (χ0v) is 10.4. The third-order valence-corrected chi connectivity index (χ3v) is 3.02. The molecule has 1 aliphatic rings. The van der Waals surface area contributed by atoms with E-state index in [1.54, 1.807) is 0 Å². The lowest BCUT2D eigenvalue weighted by molar-refractivity contribution is -0.144. The van der Waals surface area contributed by atoms with Crippen molar-refractivity contribution >= 4 is 17.8 Å². The molecule has 1 heterocycles. The first kappa shape index (κ1) is 14.4. The first-order valence-corrected chi connectivity index (χ1v) is 5.90. The molecule has 0 spiro atoms. The molecular weight excluding hydrogens is 238 g/mol. The molecule has 7 nitrogen and oxygen atoms in total. The minimum atomic E-state index is -1.24. The molecule has 1 aliphatic heterocycles. The monoisotopic (exact) mass is 257 g/mol. The molecule has 0 radical (unpaired) electrons. The van der Waals surface area contributed by atoms with Crippen molar-refractivity contribution in [3.63, 3.8) is 0 Å². The van der Waals surface area contributed by atoms with Gasteiger partial charge in [-0.3, -0.25) is 9.59 Å². The molecule has 2 amide bonds. The van der Waals surface area contributed by atoms with Crippen LogP contribution in [0.5, 0.6) is 0 Å². The number of nitrogens with zero attached hydrogens (tertiary/aromatic N) is 1. The highest BCUT2D eigenvalue weighted by molar-refractivity contribution is 5.89. The molecule has 1 saturated heterocycles. The van der Waals surface area contributed by atoms with Crippen LogP contribution in [-0.4, -0.2) is 54.0 Å². The molecule has 0 aromatic carbocycles. The van der Waals surface area contributed by atoms with E-state index in [9.17, 15) is 14.4 Å². The number of carboxylic acids is 1. The van der Waals surface area contributed by atoms with E-state index in [1.807, 2.05) is 11.9 Å². The smallest absolute Gasteiger partial charge is 0.326 e. The van der Waals surface area contributed by atoms with Gasteiger partial charge in [0.25, 0.3) is 0 Å². The van der Waals surface area contributed by atoms with Gasteiger partial charge in [-0.25, -0.2) is 4.79 Å². The number of carbonyl (C=O) groups is 3. The topological polar surface area (TPSA) is 113 Å². The fraction of sp³-hybridized carbons (Fsp3) is 0.727. The van der Waals surface area contributed by atoms with E-state index < -0.39 is 17.9 Å². The molecule has 0 aliphatic carbocycles. The number of carboxylic acid groups (broad SMARTS) is 1. The van der Waals surface area contributed by atoms with Gasteiger partial charge in [-0.2, -0.15) is 0 Å². The molecule has 0 saturated carbocycles. The van der Waals surface area contributed by atoms with Gasteiger partial charge in [0.1, 0.15) is 6.04 Å². The van der Waals surface area contributed by atoms with Crippen LogP contribution in [0, 0.1) is 5.92 Å². The fourth-order valence-corrected chi connectivity index (χ4v) is 2.07. The summed E-state index contributed by atoms with van der Waals surface area (Å²) in [5.41, 5.74) is 4.95. The zero-order chi connectivity index (χ0) is 13.7. The second-order valence-electron chi connectivity index (χ2n) is 4.67. The summed E-state index contributed by atoms with van der Waals surface area (Å²) in [6.07, 6.45) is 1.25. The third-order valence-electron chi connectivity index (χ3n) is 3.02. The van der Waals surface area contributed by atoms with Gasteiger partial charge >= 0.3 is 5.97 Å². The number of hydrogen-bond donors (Lipinski definition) is 3. The van der Waals surface area contributed by atoms with Crippen LogP contribution in [-0.2, 0) is 14.4 Å². The number of carbonyl (C=O) groups excluding carboxylic acids is 2. The highest BCUT2D eigenvalue weighted by atomic mass is 16.4. The maximum absolute atomic E-state index is 11.9. The lowest BCUT2D eigenvalue weighted by Gasteiger charge is -2.29. The average molecular weight is 257 g/mol. The van der Waals surface area contributed by atoms with Crippen LogP contribution in [0.2, 0.25) is 0 Å². The molecule has 0 aromatic heterocycles. The Balaban J connectivity index is 2.54. The summed E-state index contributed by atoms with van der Waals surface area (Å²) in [6.45, 7) is 1.54. The Hall–Kier alpha value is -1.63. The quantitative estimate of drug-likeness (QED) is 0.571. The van der Waals surface area contributed by atoms with Gasteiger partial charge in [0, 0.05) is 6.54 Å². The van der Waals surface area contributed by atoms with E-state index >= 15 is 0 Å². The largest absolute Gasteiger partial charge is 0.480 e. The molecule has 1 fully saturated rings. The number of aliphatic carboxylic acids is 1. The highest BCUT2D eigenvalue weighted by Gasteiger charge is 2.28. The fourth-order valence-electron chi connectivity index (χ4n) is 2.07. The predicted octanol–water partition coefficient (Wildman–Crippen LogP) is -1.23. The van der Waals surface area contributed by atoms with Crippen molar-refractivity contribution in [3.8, 4) is 0 Å². The number of primary amides is 1. The number of nitrogens with one attached hydrogen (secondary N) is 1. The van der Waals surface area contributed by atoms with Crippen molar-refractivity contribution in [1.82, 2.24) is 10.2 Å². The van der Waals surface area contributed by atoms with Gasteiger partial charge in [0.2, 0.25) is 11.8 Å². The van der Waals surface area contributed by atoms with Crippen LogP contribution in [0.1, 0.15) is 19.3 Å². The molecule has 4 N–H and O–H groups in total. The van der Waals surface area contributed by atoms with E-state index in [0.29, 0.717) is 6.54 Å². The SMILES string of the molecule is CN1CCCC(C(=O)N[C@@H](CC(N)=O)C(=O)O)C1. The van der Waals surface area contributed by atoms with E-state index in [-0.39, 0.29) is 18.2 Å². The summed E-state index contributed by atoms with van der Waals surface area (Å²) in [5, 5.41) is 11.3. The van der Waals surface area contributed by atoms with E-state index in [1.165, 1.54) is 0 Å². The Kier molecular flexibility index (Phi) is 5.08. The van der Waals surface area contributed by atoms with Crippen molar-refractivity contribution in [2.75, 3.05) is 20.1 Å². The highest BCUT2D eigenvalue weighted by Crippen LogP contribution is 2.15. The molecular formula is C11H19N3O4. The molecule has 7 heteroatoms. The van der Waals surface area contributed by atoms with E-state index in [0.717, 1.165) is 19.4 Å². The van der Waals surface area contributed by atoms with Gasteiger partial charge < -0.3 is 21.1 Å². The number of piperidine rings is 1. The van der Waals surface area contributed by atoms with Gasteiger partial charge in [0.05, 0.1) is 12.3 Å². The number of rotatable bonds is 5. The lowest BCUT2D eigenvalue weighted by atomic mass is 9.97. The van der Waals surface area contributed by atoms with Crippen molar-refractivity contribution in [2.45, 2.75) is 25.3 Å². The summed E-state index contributed by atoms with van der Waals surface area (Å²) < 4.78 is 0. The maximum atomic E-state index is 11.9. The standard InChI is InChI=1S/C11H19N3O4/c1-14-4-2-3-7(6-14)10(16)13-8(11(17)18)5-9(12)15/h7-8H,2-6H2,1H3,(H2,12,15)(H,13,16)(H,17,18)/t7?,8-/m0/s1. The van der Waals surface area contributed by atoms with Gasteiger partial charge in [-0.1, -0.05) is 0 Å². The predicted molar refractivity (Wildman–Crippen MR) is 63.6 cm³/mol. The Morgan fingerprint density at radius 3 is 2.67 bits per heavy atom. The van der Waals surface area contributed by atoms with Crippen LogP contribution in [0.3, 0.4) is 0 Å². The number of nitrogens with two attached hydrogens (primary N) is 1. The van der Waals surface area contributed by atoms with E-state index in [4.69, 9.17) is 10.8 Å². The second-order valence-corrected chi connectivity index (χ2v) is 4.67. The van der Waals surface area contributed by atoms with Crippen molar-refractivity contribution in [3.05, 3.63) is 0 Å². The normalized spacial score (nSPS) is 22.2. The lowest BCUT2D eigenvalue weighted by Crippen LogP contribution is -2.48. The van der Waals surface area contributed by atoms with Crippen LogP contribution >= 0.6 is 0 Å². The molecule has 102 valence electrons.